The van der Waals surface area contributed by atoms with E-state index in [-0.39, 0.29) is 51.5 Å². The Balaban J connectivity index is 0.00000380. The first-order valence-electron chi connectivity index (χ1n) is 25.0. The Labute approximate surface area is 425 Å². The van der Waals surface area contributed by atoms with Crippen LogP contribution in [0.2, 0.25) is 0 Å². The summed E-state index contributed by atoms with van der Waals surface area (Å²) in [5, 5.41) is 12.5. The van der Waals surface area contributed by atoms with Gasteiger partial charge < -0.3 is 12.5 Å². The second-order valence-electron chi connectivity index (χ2n) is 19.4. The molecule has 2 heterocycles. The first-order valence-corrected chi connectivity index (χ1v) is 23.0. The monoisotopic (exact) mass is 1080 g/mol. The van der Waals surface area contributed by atoms with Crippen LogP contribution in [0.3, 0.4) is 0 Å². The van der Waals surface area contributed by atoms with Crippen LogP contribution in [-0.2, 0) is 26.5 Å². The van der Waals surface area contributed by atoms with Crippen molar-refractivity contribution in [2.45, 2.75) is 92.3 Å². The molecule has 7 aromatic carbocycles. The molecule has 0 radical (unpaired) electrons. The van der Waals surface area contributed by atoms with Gasteiger partial charge in [-0.3, -0.25) is 9.55 Å². The number of benzene rings is 7. The van der Waals surface area contributed by atoms with Crippen molar-refractivity contribution in [3.63, 3.8) is 0 Å². The van der Waals surface area contributed by atoms with Crippen LogP contribution >= 0.6 is 0 Å². The predicted octanol–water partition coefficient (Wildman–Crippen LogP) is 17.4. The van der Waals surface area contributed by atoms with E-state index in [4.69, 9.17) is 14.1 Å². The molecule has 0 aliphatic heterocycles. The Morgan fingerprint density at radius 1 is 0.618 bits per heavy atom. The minimum atomic E-state index is -2.19. The maximum Gasteiger partial charge on any atom is 2.00 e. The minimum Gasteiger partial charge on any atom is -0.507 e. The molecule has 0 saturated heterocycles. The number of hydrogen-bond donors (Lipinski definition) is 1. The van der Waals surface area contributed by atoms with E-state index >= 15 is 0 Å². The SMILES string of the molecule is [2H]C([2H])([2H])c1ccc(-c2ccnc(-c3[c-]c(-c4cccc5c4nc(-c4cc(C(C)C)cc(C(C)C)c4O)n5-c4cc(-c5ccccc5)c(C([2H])(C)C)cc4-c4ccccc4)cc(C(C)(C)C)c3)c2)cc1.[CH3-].[Pt+2]. The van der Waals surface area contributed by atoms with Gasteiger partial charge in [0.25, 0.3) is 0 Å². The van der Waals surface area contributed by atoms with Gasteiger partial charge in [-0.2, -0.15) is 0 Å². The van der Waals surface area contributed by atoms with Gasteiger partial charge in [-0.25, -0.2) is 4.98 Å². The van der Waals surface area contributed by atoms with Crippen molar-refractivity contribution in [3.8, 4) is 78.6 Å². The third-order valence-electron chi connectivity index (χ3n) is 12.7. The van der Waals surface area contributed by atoms with Crippen molar-refractivity contribution < 1.29 is 31.7 Å². The topological polar surface area (TPSA) is 50.9 Å². The zero-order valence-electron chi connectivity index (χ0n) is 44.8. The fourth-order valence-electron chi connectivity index (χ4n) is 8.96. The van der Waals surface area contributed by atoms with E-state index in [0.717, 1.165) is 94.7 Å². The minimum absolute atomic E-state index is 0. The molecule has 68 heavy (non-hydrogen) atoms. The molecule has 9 rings (SSSR count). The van der Waals surface area contributed by atoms with Gasteiger partial charge in [0.2, 0.25) is 0 Å². The summed E-state index contributed by atoms with van der Waals surface area (Å²) in [6.07, 6.45) is 1.79. The second kappa shape index (κ2) is 20.1. The van der Waals surface area contributed by atoms with Gasteiger partial charge >= 0.3 is 21.1 Å². The summed E-state index contributed by atoms with van der Waals surface area (Å²) in [4.78, 5) is 10.5. The number of phenolic OH excluding ortho intramolecular Hbond substituents is 1. The quantitative estimate of drug-likeness (QED) is 0.139. The molecule has 0 aliphatic carbocycles. The van der Waals surface area contributed by atoms with E-state index in [2.05, 4.69) is 138 Å². The number of rotatable bonds is 10. The van der Waals surface area contributed by atoms with Gasteiger partial charge in [0.15, 0.2) is 0 Å². The number of hydrogen-bond acceptors (Lipinski definition) is 3. The number of imidazole rings is 1. The molecule has 0 spiro atoms. The molecular weight excluding hydrogens is 1010 g/mol. The summed E-state index contributed by atoms with van der Waals surface area (Å²) in [7, 11) is 0. The molecule has 0 aliphatic rings. The third kappa shape index (κ3) is 9.67. The first-order chi connectivity index (χ1) is 33.2. The van der Waals surface area contributed by atoms with Gasteiger partial charge in [-0.15, -0.1) is 29.3 Å². The summed E-state index contributed by atoms with van der Waals surface area (Å²) >= 11 is 0. The van der Waals surface area contributed by atoms with Gasteiger partial charge in [-0.05, 0) is 105 Å². The summed E-state index contributed by atoms with van der Waals surface area (Å²) in [6.45, 7) is 16.9. The van der Waals surface area contributed by atoms with Crippen LogP contribution in [-0.4, -0.2) is 19.6 Å². The van der Waals surface area contributed by atoms with E-state index in [9.17, 15) is 6.48 Å². The molecule has 0 amide bonds. The van der Waals surface area contributed by atoms with Crippen molar-refractivity contribution >= 4 is 11.0 Å². The number of nitrogens with zero attached hydrogens (tertiary/aromatic N) is 3. The molecule has 4 nitrogen and oxygen atoms in total. The van der Waals surface area contributed by atoms with Crippen molar-refractivity contribution in [2.75, 3.05) is 0 Å². The largest absolute Gasteiger partial charge is 2.00 e. The Bertz CT molecular complexity index is 3380. The van der Waals surface area contributed by atoms with Gasteiger partial charge in [-0.1, -0.05) is 188 Å². The average Bonchev–Trinajstić information content (AvgIpc) is 3.72. The number of aromatic hydroxyl groups is 1. The van der Waals surface area contributed by atoms with Crippen LogP contribution in [0.25, 0.3) is 83.9 Å². The molecule has 9 aromatic rings. The molecule has 1 N–H and O–H groups in total. The summed E-state index contributed by atoms with van der Waals surface area (Å²) < 4.78 is 35.3. The molecule has 0 saturated carbocycles. The van der Waals surface area contributed by atoms with Crippen LogP contribution in [0.1, 0.15) is 113 Å². The van der Waals surface area contributed by atoms with Crippen LogP contribution in [0.5, 0.6) is 5.75 Å². The van der Waals surface area contributed by atoms with E-state index in [0.29, 0.717) is 17.0 Å². The molecule has 2 aromatic heterocycles. The molecule has 0 atom stereocenters. The fourth-order valence-corrected chi connectivity index (χ4v) is 8.96. The Hall–Kier alpha value is -6.35. The smallest absolute Gasteiger partial charge is 0.507 e. The molecular formula is C63H63N3OPt. The van der Waals surface area contributed by atoms with E-state index in [1.807, 2.05) is 74.5 Å². The maximum absolute atomic E-state index is 12.5. The van der Waals surface area contributed by atoms with Crippen LogP contribution in [0.4, 0.5) is 0 Å². The molecule has 0 unspecified atom stereocenters. The van der Waals surface area contributed by atoms with Gasteiger partial charge in [0, 0.05) is 22.9 Å². The number of fused-ring (bicyclic) bond motifs is 1. The molecule has 346 valence electrons. The number of phenols is 1. The van der Waals surface area contributed by atoms with Crippen molar-refractivity contribution in [1.82, 2.24) is 14.5 Å². The summed E-state index contributed by atoms with van der Waals surface area (Å²) in [5.74, 6) is 0.0867. The van der Waals surface area contributed by atoms with E-state index in [1.54, 1.807) is 18.3 Å². The predicted molar refractivity (Wildman–Crippen MR) is 284 cm³/mol. The Morgan fingerprint density at radius 2 is 1.28 bits per heavy atom. The zero-order chi connectivity index (χ0) is 49.9. The summed E-state index contributed by atoms with van der Waals surface area (Å²) in [5.41, 5.74) is 16.1. The zero-order valence-corrected chi connectivity index (χ0v) is 43.0. The first kappa shape index (κ1) is 44.2. The standard InChI is InChI=1S/C62H60N3O.CH3.Pt/c1-38(2)46-33-52(40(5)6)60(66)55(34-46)61-64-59-50(47-30-48(32-49(31-47)62(8,9)10)56-35-45(28-29-63-56)42-26-24-41(7)25-27-42)22-17-23-57(59)65(61)58-37-53(43-18-13-11-14-19-43)51(39(3)4)36-54(58)44-20-15-12-16-21-44;;/h11-29,31-40,66H,1-10H3;1H3;/q2*-1;+2/i7D3,39D;;. The normalized spacial score (nSPS) is 12.8. The fraction of sp³-hybridized carbons (Fsp3) is 0.222. The maximum atomic E-state index is 12.5. The van der Waals surface area contributed by atoms with E-state index < -0.39 is 12.7 Å². The molecule has 0 fully saturated rings. The van der Waals surface area contributed by atoms with E-state index in [1.165, 1.54) is 0 Å². The number of aryl methyl sites for hydroxylation is 1. The summed E-state index contributed by atoms with van der Waals surface area (Å²) in [6, 6.07) is 54.7. The van der Waals surface area contributed by atoms with Crippen LogP contribution in [0.15, 0.2) is 158 Å². The number of pyridine rings is 1. The van der Waals surface area contributed by atoms with Crippen molar-refractivity contribution in [1.29, 1.82) is 0 Å². The van der Waals surface area contributed by atoms with Gasteiger partial charge in [0.1, 0.15) is 11.6 Å². The Morgan fingerprint density at radius 3 is 1.90 bits per heavy atom. The number of para-hydroxylation sites is 1. The molecule has 0 bridgehead atoms. The average molecular weight is 1080 g/mol. The third-order valence-corrected chi connectivity index (χ3v) is 12.7. The molecule has 5 heteroatoms. The van der Waals surface area contributed by atoms with Crippen LogP contribution in [0, 0.1) is 20.3 Å². The van der Waals surface area contributed by atoms with Crippen LogP contribution < -0.4 is 0 Å². The van der Waals surface area contributed by atoms with Crippen molar-refractivity contribution in [3.05, 3.63) is 199 Å². The Kier molecular flexibility index (Phi) is 13.0. The number of aromatic nitrogens is 3. The van der Waals surface area contributed by atoms with Crippen molar-refractivity contribution in [2.24, 2.45) is 0 Å². The second-order valence-corrected chi connectivity index (χ2v) is 19.4. The van der Waals surface area contributed by atoms with Gasteiger partial charge in [0.05, 0.1) is 22.3 Å².